The van der Waals surface area contributed by atoms with Gasteiger partial charge in [-0.1, -0.05) is 24.3 Å². The first-order valence-electron chi connectivity index (χ1n) is 9.18. The second-order valence-electron chi connectivity index (χ2n) is 7.29. The first kappa shape index (κ1) is 22.4. The van der Waals surface area contributed by atoms with Gasteiger partial charge in [-0.3, -0.25) is 14.5 Å². The molecule has 1 heterocycles. The highest BCUT2D eigenvalue weighted by Crippen LogP contribution is 2.29. The van der Waals surface area contributed by atoms with Crippen LogP contribution < -0.4 is 10.6 Å². The van der Waals surface area contributed by atoms with Crippen molar-refractivity contribution < 1.29 is 27.2 Å². The summed E-state index contributed by atoms with van der Waals surface area (Å²) in [6.07, 6.45) is 0. The molecule has 2 aromatic rings. The average Bonchev–Trinajstić information content (AvgIpc) is 2.92. The molecule has 0 radical (unpaired) electrons. The van der Waals surface area contributed by atoms with E-state index in [2.05, 4.69) is 10.6 Å². The third kappa shape index (κ3) is 4.14. The summed E-state index contributed by atoms with van der Waals surface area (Å²) in [5.74, 6) is -1.94. The number of anilines is 1. The van der Waals surface area contributed by atoms with E-state index in [0.717, 1.165) is 21.3 Å². The maximum Gasteiger partial charge on any atom is 0.325 e. The lowest BCUT2D eigenvalue weighted by Gasteiger charge is -2.22. The predicted molar refractivity (Wildman–Crippen MR) is 110 cm³/mol. The van der Waals surface area contributed by atoms with Crippen LogP contribution in [0.3, 0.4) is 0 Å². The first-order valence-corrected chi connectivity index (χ1v) is 10.6. The van der Waals surface area contributed by atoms with Crippen molar-refractivity contribution in [2.45, 2.75) is 17.4 Å². The molecule has 164 valence electrons. The maximum absolute atomic E-state index is 13.2. The largest absolute Gasteiger partial charge is 0.325 e. The third-order valence-corrected chi connectivity index (χ3v) is 6.79. The number of sulfonamides is 1. The summed E-state index contributed by atoms with van der Waals surface area (Å²) in [5.41, 5.74) is -1.08. The van der Waals surface area contributed by atoms with Gasteiger partial charge in [0.2, 0.25) is 15.9 Å². The summed E-state index contributed by atoms with van der Waals surface area (Å²) >= 11 is 0. The van der Waals surface area contributed by atoms with Gasteiger partial charge in [0.1, 0.15) is 22.8 Å². The van der Waals surface area contributed by atoms with Gasteiger partial charge >= 0.3 is 6.03 Å². The molecule has 3 rings (SSSR count). The zero-order valence-electron chi connectivity index (χ0n) is 17.0. The van der Waals surface area contributed by atoms with Crippen LogP contribution in [0.2, 0.25) is 0 Å². The molecule has 1 aliphatic heterocycles. The van der Waals surface area contributed by atoms with Gasteiger partial charge in [-0.05, 0) is 36.8 Å². The Balaban J connectivity index is 1.80. The van der Waals surface area contributed by atoms with E-state index in [1.54, 1.807) is 6.07 Å². The van der Waals surface area contributed by atoms with Crippen molar-refractivity contribution in [2.24, 2.45) is 0 Å². The van der Waals surface area contributed by atoms with Crippen LogP contribution in [0.1, 0.15) is 12.5 Å². The first-order chi connectivity index (χ1) is 14.5. The van der Waals surface area contributed by atoms with Gasteiger partial charge in [0.15, 0.2) is 0 Å². The standard InChI is InChI=1S/C20H21FN4O5S/c1-20(13-8-10-14(21)11-9-13)18(27)25(19(28)23-20)12-17(26)22-15-6-4-5-7-16(15)31(29,30)24(2)3/h4-11H,12H2,1-3H3,(H,22,26)(H,23,28). The van der Waals surface area contributed by atoms with Gasteiger partial charge in [-0.2, -0.15) is 0 Å². The Morgan fingerprint density at radius 2 is 1.74 bits per heavy atom. The third-order valence-electron chi connectivity index (χ3n) is 4.92. The molecule has 31 heavy (non-hydrogen) atoms. The van der Waals surface area contributed by atoms with Crippen molar-refractivity contribution in [1.29, 1.82) is 0 Å². The molecule has 0 spiro atoms. The van der Waals surface area contributed by atoms with Crippen LogP contribution >= 0.6 is 0 Å². The zero-order valence-corrected chi connectivity index (χ0v) is 17.9. The van der Waals surface area contributed by atoms with E-state index in [9.17, 15) is 27.2 Å². The number of nitrogens with zero attached hydrogens (tertiary/aromatic N) is 2. The minimum absolute atomic E-state index is 0.0227. The van der Waals surface area contributed by atoms with Gasteiger partial charge in [-0.25, -0.2) is 21.9 Å². The summed E-state index contributed by atoms with van der Waals surface area (Å²) in [6.45, 7) is 0.829. The van der Waals surface area contributed by atoms with Crippen LogP contribution in [-0.2, 0) is 25.2 Å². The van der Waals surface area contributed by atoms with Gasteiger partial charge in [0.05, 0.1) is 5.69 Å². The van der Waals surface area contributed by atoms with Crippen molar-refractivity contribution in [2.75, 3.05) is 26.0 Å². The number of benzene rings is 2. The van der Waals surface area contributed by atoms with Crippen molar-refractivity contribution in [3.63, 3.8) is 0 Å². The molecule has 0 aromatic heterocycles. The van der Waals surface area contributed by atoms with E-state index in [1.165, 1.54) is 51.4 Å². The Kier molecular flexibility index (Phi) is 5.83. The Labute approximate surface area is 178 Å². The van der Waals surface area contributed by atoms with E-state index >= 15 is 0 Å². The SMILES string of the molecule is CN(C)S(=O)(=O)c1ccccc1NC(=O)CN1C(=O)NC(C)(c2ccc(F)cc2)C1=O. The molecule has 11 heteroatoms. The molecule has 1 aliphatic rings. The van der Waals surface area contributed by atoms with Crippen LogP contribution in [0.15, 0.2) is 53.4 Å². The Morgan fingerprint density at radius 1 is 1.13 bits per heavy atom. The summed E-state index contributed by atoms with van der Waals surface area (Å²) in [4.78, 5) is 38.4. The smallest absolute Gasteiger partial charge is 0.323 e. The zero-order chi connectivity index (χ0) is 23.0. The Hall–Kier alpha value is -3.31. The number of rotatable bonds is 6. The fraction of sp³-hybridized carbons (Fsp3) is 0.250. The number of amides is 4. The van der Waals surface area contributed by atoms with E-state index in [1.807, 2.05) is 0 Å². The summed E-state index contributed by atoms with van der Waals surface area (Å²) in [5, 5.41) is 4.96. The fourth-order valence-corrected chi connectivity index (χ4v) is 4.19. The lowest BCUT2D eigenvalue weighted by atomic mass is 9.92. The highest BCUT2D eigenvalue weighted by atomic mass is 32.2. The highest BCUT2D eigenvalue weighted by Gasteiger charge is 2.49. The normalized spacial score (nSPS) is 18.9. The minimum atomic E-state index is -3.83. The summed E-state index contributed by atoms with van der Waals surface area (Å²) < 4.78 is 39.2. The number of halogens is 1. The number of carbonyl (C=O) groups excluding carboxylic acids is 3. The molecule has 4 amide bonds. The number of para-hydroxylation sites is 1. The molecular formula is C20H21FN4O5S. The van der Waals surface area contributed by atoms with Crippen LogP contribution in [0.4, 0.5) is 14.9 Å². The molecule has 1 fully saturated rings. The summed E-state index contributed by atoms with van der Waals surface area (Å²) in [7, 11) is -1.11. The Bertz CT molecular complexity index is 1150. The number of nitrogens with one attached hydrogen (secondary N) is 2. The van der Waals surface area contributed by atoms with E-state index in [0.29, 0.717) is 5.56 Å². The second kappa shape index (κ2) is 8.08. The van der Waals surface area contributed by atoms with Crippen molar-refractivity contribution in [1.82, 2.24) is 14.5 Å². The number of hydrogen-bond acceptors (Lipinski definition) is 5. The highest BCUT2D eigenvalue weighted by molar-refractivity contribution is 7.89. The Morgan fingerprint density at radius 3 is 2.35 bits per heavy atom. The topological polar surface area (TPSA) is 116 Å². The molecule has 1 atom stereocenters. The van der Waals surface area contributed by atoms with E-state index in [-0.39, 0.29) is 10.6 Å². The number of carbonyl (C=O) groups is 3. The predicted octanol–water partition coefficient (Wildman–Crippen LogP) is 1.48. The van der Waals surface area contributed by atoms with Crippen molar-refractivity contribution >= 4 is 33.6 Å². The van der Waals surface area contributed by atoms with Crippen LogP contribution in [0.5, 0.6) is 0 Å². The van der Waals surface area contributed by atoms with Crippen LogP contribution in [-0.4, -0.2) is 56.1 Å². The molecular weight excluding hydrogens is 427 g/mol. The molecule has 0 bridgehead atoms. The summed E-state index contributed by atoms with van der Waals surface area (Å²) in [6, 6.07) is 10.1. The van der Waals surface area contributed by atoms with E-state index < -0.39 is 45.8 Å². The maximum atomic E-state index is 13.2. The molecule has 2 aromatic carbocycles. The van der Waals surface area contributed by atoms with Crippen LogP contribution in [0.25, 0.3) is 0 Å². The number of hydrogen-bond donors (Lipinski definition) is 2. The molecule has 9 nitrogen and oxygen atoms in total. The van der Waals surface area contributed by atoms with Gasteiger partial charge < -0.3 is 10.6 Å². The minimum Gasteiger partial charge on any atom is -0.323 e. The number of imide groups is 1. The molecule has 0 aliphatic carbocycles. The van der Waals surface area contributed by atoms with Gasteiger partial charge in [0, 0.05) is 14.1 Å². The fourth-order valence-electron chi connectivity index (χ4n) is 3.14. The van der Waals surface area contributed by atoms with E-state index in [4.69, 9.17) is 0 Å². The lowest BCUT2D eigenvalue weighted by molar-refractivity contribution is -0.133. The monoisotopic (exact) mass is 448 g/mol. The lowest BCUT2D eigenvalue weighted by Crippen LogP contribution is -2.42. The van der Waals surface area contributed by atoms with Crippen molar-refractivity contribution in [3.8, 4) is 0 Å². The molecule has 0 saturated carbocycles. The van der Waals surface area contributed by atoms with Gasteiger partial charge in [0.25, 0.3) is 5.91 Å². The quantitative estimate of drug-likeness (QED) is 0.650. The van der Waals surface area contributed by atoms with Gasteiger partial charge in [-0.15, -0.1) is 0 Å². The second-order valence-corrected chi connectivity index (χ2v) is 9.41. The molecule has 2 N–H and O–H groups in total. The van der Waals surface area contributed by atoms with Crippen LogP contribution in [0, 0.1) is 5.82 Å². The molecule has 1 saturated heterocycles. The molecule has 1 unspecified atom stereocenters. The number of urea groups is 1. The van der Waals surface area contributed by atoms with Crippen molar-refractivity contribution in [3.05, 3.63) is 59.9 Å². The average molecular weight is 448 g/mol.